The van der Waals surface area contributed by atoms with Crippen LogP contribution in [-0.4, -0.2) is 49.0 Å². The topological polar surface area (TPSA) is 38.8 Å². The minimum Gasteiger partial charge on any atom is -0.497 e. The molecule has 0 aromatic heterocycles. The van der Waals surface area contributed by atoms with Gasteiger partial charge >= 0.3 is 0 Å². The van der Waals surface area contributed by atoms with Crippen LogP contribution in [-0.2, 0) is 4.74 Å². The highest BCUT2D eigenvalue weighted by Gasteiger charge is 2.26. The maximum Gasteiger partial charge on any atom is 0.257 e. The van der Waals surface area contributed by atoms with Gasteiger partial charge in [0.2, 0.25) is 0 Å². The number of benzene rings is 1. The zero-order valence-electron chi connectivity index (χ0n) is 10.6. The van der Waals surface area contributed by atoms with Crippen molar-refractivity contribution in [1.82, 2.24) is 4.90 Å². The second-order valence-electron chi connectivity index (χ2n) is 4.24. The number of nitrogens with zero attached hydrogens (tertiary/aromatic N) is 1. The number of ether oxygens (including phenoxy) is 2. The van der Waals surface area contributed by atoms with E-state index in [0.717, 1.165) is 0 Å². The third-order valence-electron chi connectivity index (χ3n) is 3.00. The minimum absolute atomic E-state index is 0.0426. The van der Waals surface area contributed by atoms with Crippen LogP contribution in [0.25, 0.3) is 0 Å². The van der Waals surface area contributed by atoms with Crippen LogP contribution in [0.15, 0.2) is 18.2 Å². The number of carbonyl (C=O) groups is 1. The fourth-order valence-electron chi connectivity index (χ4n) is 1.96. The van der Waals surface area contributed by atoms with Crippen LogP contribution < -0.4 is 4.74 Å². The number of carbonyl (C=O) groups excluding carboxylic acids is 1. The van der Waals surface area contributed by atoms with Gasteiger partial charge in [-0.2, -0.15) is 0 Å². The van der Waals surface area contributed by atoms with Crippen molar-refractivity contribution in [3.8, 4) is 5.75 Å². The van der Waals surface area contributed by atoms with Crippen LogP contribution in [0.1, 0.15) is 10.4 Å². The molecule has 1 atom stereocenters. The van der Waals surface area contributed by atoms with Crippen molar-refractivity contribution >= 4 is 21.8 Å². The molecule has 0 spiro atoms. The lowest BCUT2D eigenvalue weighted by Crippen LogP contribution is -2.46. The number of alkyl halides is 1. The fraction of sp³-hybridized carbons (Fsp3) is 0.462. The van der Waals surface area contributed by atoms with E-state index in [1.807, 2.05) is 0 Å². The molecule has 1 aromatic carbocycles. The molecule has 1 unspecified atom stereocenters. The van der Waals surface area contributed by atoms with Gasteiger partial charge in [-0.3, -0.25) is 4.79 Å². The molecule has 1 saturated heterocycles. The van der Waals surface area contributed by atoms with Crippen molar-refractivity contribution in [2.45, 2.75) is 6.10 Å². The normalized spacial score (nSPS) is 19.3. The van der Waals surface area contributed by atoms with Gasteiger partial charge in [0, 0.05) is 24.5 Å². The molecule has 1 amide bonds. The SMILES string of the molecule is COc1ccc(C(=O)N2CCOC(CBr)C2)c(F)c1. The third kappa shape index (κ3) is 3.25. The van der Waals surface area contributed by atoms with E-state index in [-0.39, 0.29) is 17.6 Å². The van der Waals surface area contributed by atoms with Crippen LogP contribution in [0.4, 0.5) is 4.39 Å². The molecule has 6 heteroatoms. The zero-order valence-corrected chi connectivity index (χ0v) is 12.2. The molecular formula is C13H15BrFNO3. The Hall–Kier alpha value is -1.14. The Morgan fingerprint density at radius 2 is 2.42 bits per heavy atom. The van der Waals surface area contributed by atoms with E-state index in [9.17, 15) is 9.18 Å². The molecule has 1 aromatic rings. The van der Waals surface area contributed by atoms with Crippen LogP contribution >= 0.6 is 15.9 Å². The largest absolute Gasteiger partial charge is 0.497 e. The number of methoxy groups -OCH3 is 1. The monoisotopic (exact) mass is 331 g/mol. The van der Waals surface area contributed by atoms with Gasteiger partial charge in [0.1, 0.15) is 11.6 Å². The second kappa shape index (κ2) is 6.34. The molecule has 1 fully saturated rings. The molecule has 0 N–H and O–H groups in total. The summed E-state index contributed by atoms with van der Waals surface area (Å²) >= 11 is 3.32. The van der Waals surface area contributed by atoms with Gasteiger partial charge in [0.05, 0.1) is 25.4 Å². The summed E-state index contributed by atoms with van der Waals surface area (Å²) in [7, 11) is 1.46. The maximum atomic E-state index is 13.9. The van der Waals surface area contributed by atoms with Crippen molar-refractivity contribution in [3.05, 3.63) is 29.6 Å². The molecular weight excluding hydrogens is 317 g/mol. The van der Waals surface area contributed by atoms with E-state index in [1.165, 1.54) is 19.2 Å². The van der Waals surface area contributed by atoms with Crippen LogP contribution in [0, 0.1) is 5.82 Å². The standard InChI is InChI=1S/C13H15BrFNO3/c1-18-9-2-3-11(12(15)6-9)13(17)16-4-5-19-10(7-14)8-16/h2-3,6,10H,4-5,7-8H2,1H3. The summed E-state index contributed by atoms with van der Waals surface area (Å²) in [6, 6.07) is 4.25. The van der Waals surface area contributed by atoms with Gasteiger partial charge in [0.15, 0.2) is 0 Å². The molecule has 19 heavy (non-hydrogen) atoms. The predicted molar refractivity (Wildman–Crippen MR) is 72.4 cm³/mol. The average Bonchev–Trinajstić information content (AvgIpc) is 2.46. The number of rotatable bonds is 3. The van der Waals surface area contributed by atoms with E-state index in [2.05, 4.69) is 15.9 Å². The fourth-order valence-corrected chi connectivity index (χ4v) is 2.36. The number of amides is 1. The lowest BCUT2D eigenvalue weighted by Gasteiger charge is -2.32. The summed E-state index contributed by atoms with van der Waals surface area (Å²) in [5.74, 6) is -0.477. The zero-order chi connectivity index (χ0) is 13.8. The summed E-state index contributed by atoms with van der Waals surface area (Å²) < 4.78 is 24.2. The quantitative estimate of drug-likeness (QED) is 0.796. The number of morpholine rings is 1. The molecule has 1 aliphatic rings. The highest BCUT2D eigenvalue weighted by molar-refractivity contribution is 9.09. The molecule has 0 aliphatic carbocycles. The molecule has 0 radical (unpaired) electrons. The maximum absolute atomic E-state index is 13.9. The Kier molecular flexibility index (Phi) is 4.76. The molecule has 1 heterocycles. The third-order valence-corrected chi connectivity index (χ3v) is 3.73. The first-order valence-electron chi connectivity index (χ1n) is 5.96. The highest BCUT2D eigenvalue weighted by atomic mass is 79.9. The molecule has 4 nitrogen and oxygen atoms in total. The van der Waals surface area contributed by atoms with Crippen LogP contribution in [0.2, 0.25) is 0 Å². The smallest absolute Gasteiger partial charge is 0.257 e. The lowest BCUT2D eigenvalue weighted by molar-refractivity contribution is -0.00982. The van der Waals surface area contributed by atoms with Crippen LogP contribution in [0.3, 0.4) is 0 Å². The number of hydrogen-bond acceptors (Lipinski definition) is 3. The van der Waals surface area contributed by atoms with Gasteiger partial charge < -0.3 is 14.4 Å². The molecule has 104 valence electrons. The summed E-state index contributed by atoms with van der Waals surface area (Å²) in [5.41, 5.74) is 0.0658. The van der Waals surface area contributed by atoms with Gasteiger partial charge in [-0.05, 0) is 12.1 Å². The van der Waals surface area contributed by atoms with Gasteiger partial charge in [-0.15, -0.1) is 0 Å². The Morgan fingerprint density at radius 3 is 3.05 bits per heavy atom. The average molecular weight is 332 g/mol. The van der Waals surface area contributed by atoms with E-state index in [4.69, 9.17) is 9.47 Å². The summed E-state index contributed by atoms with van der Waals surface area (Å²) in [4.78, 5) is 13.9. The molecule has 0 saturated carbocycles. The van der Waals surface area contributed by atoms with Crippen molar-refractivity contribution < 1.29 is 18.7 Å². The van der Waals surface area contributed by atoms with Crippen molar-refractivity contribution in [2.24, 2.45) is 0 Å². The first kappa shape index (κ1) is 14.3. The Morgan fingerprint density at radius 1 is 1.63 bits per heavy atom. The summed E-state index contributed by atoms with van der Waals surface area (Å²) in [6.07, 6.45) is -0.0426. The van der Waals surface area contributed by atoms with Gasteiger partial charge in [-0.25, -0.2) is 4.39 Å². The van der Waals surface area contributed by atoms with Crippen molar-refractivity contribution in [1.29, 1.82) is 0 Å². The Bertz CT molecular complexity index is 469. The number of halogens is 2. The highest BCUT2D eigenvalue weighted by Crippen LogP contribution is 2.19. The minimum atomic E-state index is -0.564. The van der Waals surface area contributed by atoms with E-state index >= 15 is 0 Å². The van der Waals surface area contributed by atoms with Gasteiger partial charge in [-0.1, -0.05) is 15.9 Å². The van der Waals surface area contributed by atoms with Gasteiger partial charge in [0.25, 0.3) is 5.91 Å². The van der Waals surface area contributed by atoms with Crippen molar-refractivity contribution in [2.75, 3.05) is 32.1 Å². The first-order valence-corrected chi connectivity index (χ1v) is 7.08. The van der Waals surface area contributed by atoms with E-state index in [1.54, 1.807) is 11.0 Å². The first-order chi connectivity index (χ1) is 9.15. The van der Waals surface area contributed by atoms with Crippen LogP contribution in [0.5, 0.6) is 5.75 Å². The van der Waals surface area contributed by atoms with E-state index < -0.39 is 5.82 Å². The Balaban J connectivity index is 2.15. The lowest BCUT2D eigenvalue weighted by atomic mass is 10.1. The molecule has 2 rings (SSSR count). The number of hydrogen-bond donors (Lipinski definition) is 0. The Labute approximate surface area is 119 Å². The second-order valence-corrected chi connectivity index (χ2v) is 4.89. The van der Waals surface area contributed by atoms with Crippen molar-refractivity contribution in [3.63, 3.8) is 0 Å². The molecule has 1 aliphatic heterocycles. The summed E-state index contributed by atoms with van der Waals surface area (Å²) in [5, 5.41) is 0.655. The molecule has 0 bridgehead atoms. The predicted octanol–water partition coefficient (Wildman–Crippen LogP) is 2.07. The van der Waals surface area contributed by atoms with E-state index in [0.29, 0.717) is 30.8 Å². The summed E-state index contributed by atoms with van der Waals surface area (Å²) in [6.45, 7) is 1.42.